The molecule has 1 saturated heterocycles. The highest BCUT2D eigenvalue weighted by molar-refractivity contribution is 7.94. The van der Waals surface area contributed by atoms with E-state index in [2.05, 4.69) is 24.1 Å². The molecule has 0 radical (unpaired) electrons. The quantitative estimate of drug-likeness (QED) is 0.615. The number of ether oxygens (including phenoxy) is 1. The minimum absolute atomic E-state index is 0.0662. The van der Waals surface area contributed by atoms with Crippen molar-refractivity contribution in [3.8, 4) is 5.75 Å². The second-order valence-electron chi connectivity index (χ2n) is 8.09. The molecule has 1 N–H and O–H groups in total. The highest BCUT2D eigenvalue weighted by Gasteiger charge is 2.23. The molecule has 1 atom stereocenters. The predicted molar refractivity (Wildman–Crippen MR) is 124 cm³/mol. The minimum atomic E-state index is -3.57. The van der Waals surface area contributed by atoms with E-state index >= 15 is 0 Å². The summed E-state index contributed by atoms with van der Waals surface area (Å²) in [6, 6.07) is 10.5. The Morgan fingerprint density at radius 1 is 1.29 bits per heavy atom. The van der Waals surface area contributed by atoms with Gasteiger partial charge in [-0.05, 0) is 74.9 Å². The highest BCUT2D eigenvalue weighted by atomic mass is 32.2. The standard InChI is InChI=1S/C22H31N3O4S2/c1-17(2)25-12-4-6-18(15-25)14-23-21(26)16-29-20-10-8-19(9-11-20)24(3)31(27,28)22-7-5-13-30-22/h5,7-11,13,17-18H,4,6,12,14-16H2,1-3H3,(H,23,26). The van der Waals surface area contributed by atoms with Gasteiger partial charge < -0.3 is 15.0 Å². The Kier molecular flexibility index (Phi) is 7.96. The van der Waals surface area contributed by atoms with Crippen LogP contribution >= 0.6 is 11.3 Å². The summed E-state index contributed by atoms with van der Waals surface area (Å²) in [5, 5.41) is 4.70. The van der Waals surface area contributed by atoms with Gasteiger partial charge in [-0.25, -0.2) is 8.42 Å². The Morgan fingerprint density at radius 3 is 2.68 bits per heavy atom. The number of nitrogens with zero attached hydrogens (tertiary/aromatic N) is 2. The molecule has 2 aromatic rings. The lowest BCUT2D eigenvalue weighted by Crippen LogP contribution is -2.44. The van der Waals surface area contributed by atoms with Crippen LogP contribution in [0.1, 0.15) is 26.7 Å². The first-order chi connectivity index (χ1) is 14.8. The van der Waals surface area contributed by atoms with Crippen LogP contribution < -0.4 is 14.4 Å². The molecule has 1 fully saturated rings. The summed E-state index contributed by atoms with van der Waals surface area (Å²) in [5.41, 5.74) is 0.525. The molecular weight excluding hydrogens is 434 g/mol. The smallest absolute Gasteiger partial charge is 0.273 e. The van der Waals surface area contributed by atoms with Gasteiger partial charge in [0.05, 0.1) is 5.69 Å². The molecule has 9 heteroatoms. The molecule has 7 nitrogen and oxygen atoms in total. The van der Waals surface area contributed by atoms with Gasteiger partial charge >= 0.3 is 0 Å². The van der Waals surface area contributed by atoms with Gasteiger partial charge in [-0.2, -0.15) is 0 Å². The van der Waals surface area contributed by atoms with Crippen LogP contribution in [0.2, 0.25) is 0 Å². The molecule has 0 spiro atoms. The molecule has 1 aromatic carbocycles. The van der Waals surface area contributed by atoms with Crippen molar-refractivity contribution in [2.45, 2.75) is 36.9 Å². The van der Waals surface area contributed by atoms with Crippen LogP contribution in [0.5, 0.6) is 5.75 Å². The number of benzene rings is 1. The summed E-state index contributed by atoms with van der Waals surface area (Å²) in [4.78, 5) is 14.6. The first-order valence-electron chi connectivity index (χ1n) is 10.5. The van der Waals surface area contributed by atoms with Gasteiger partial charge in [-0.15, -0.1) is 11.3 Å². The third-order valence-electron chi connectivity index (χ3n) is 5.55. The van der Waals surface area contributed by atoms with E-state index in [9.17, 15) is 13.2 Å². The zero-order valence-electron chi connectivity index (χ0n) is 18.3. The summed E-state index contributed by atoms with van der Waals surface area (Å²) in [5.74, 6) is 0.841. The third-order valence-corrected chi connectivity index (χ3v) is 8.71. The van der Waals surface area contributed by atoms with Gasteiger partial charge in [0.1, 0.15) is 9.96 Å². The van der Waals surface area contributed by atoms with Crippen LogP contribution in [0.15, 0.2) is 46.0 Å². The van der Waals surface area contributed by atoms with Gasteiger partial charge in [0.2, 0.25) is 0 Å². The number of piperidine rings is 1. The van der Waals surface area contributed by atoms with Crippen LogP contribution in [0.25, 0.3) is 0 Å². The summed E-state index contributed by atoms with van der Waals surface area (Å²) in [7, 11) is -2.05. The molecule has 1 aliphatic rings. The number of hydrogen-bond acceptors (Lipinski definition) is 6. The van der Waals surface area contributed by atoms with Gasteiger partial charge in [0.15, 0.2) is 6.61 Å². The Bertz CT molecular complexity index is 944. The summed E-state index contributed by atoms with van der Waals surface area (Å²) in [6.07, 6.45) is 2.30. The summed E-state index contributed by atoms with van der Waals surface area (Å²) < 4.78 is 32.3. The number of rotatable bonds is 9. The average molecular weight is 466 g/mol. The second-order valence-corrected chi connectivity index (χ2v) is 11.2. The van der Waals surface area contributed by atoms with Crippen molar-refractivity contribution in [3.63, 3.8) is 0 Å². The van der Waals surface area contributed by atoms with Crippen molar-refractivity contribution >= 4 is 33.0 Å². The fourth-order valence-corrected chi connectivity index (χ4v) is 5.98. The zero-order chi connectivity index (χ0) is 22.4. The van der Waals surface area contributed by atoms with E-state index in [1.54, 1.807) is 41.8 Å². The molecule has 31 heavy (non-hydrogen) atoms. The Labute approximate surface area is 189 Å². The van der Waals surface area contributed by atoms with Crippen molar-refractivity contribution in [2.75, 3.05) is 37.6 Å². The van der Waals surface area contributed by atoms with Crippen LogP contribution in [0.3, 0.4) is 0 Å². The van der Waals surface area contributed by atoms with Gasteiger partial charge in [0.25, 0.3) is 15.9 Å². The molecule has 0 aliphatic carbocycles. The average Bonchev–Trinajstić information content (AvgIpc) is 3.32. The minimum Gasteiger partial charge on any atom is -0.484 e. The number of nitrogens with one attached hydrogen (secondary N) is 1. The first kappa shape index (κ1) is 23.6. The molecule has 1 amide bonds. The topological polar surface area (TPSA) is 79.0 Å². The maximum atomic E-state index is 12.6. The molecule has 2 heterocycles. The molecule has 1 aliphatic heterocycles. The van der Waals surface area contributed by atoms with Crippen molar-refractivity contribution in [2.24, 2.45) is 5.92 Å². The Hall–Kier alpha value is -2.10. The van der Waals surface area contributed by atoms with Crippen LogP contribution in [-0.4, -0.2) is 58.6 Å². The van der Waals surface area contributed by atoms with Crippen LogP contribution in [-0.2, 0) is 14.8 Å². The van der Waals surface area contributed by atoms with Crippen molar-refractivity contribution in [1.29, 1.82) is 0 Å². The van der Waals surface area contributed by atoms with Gasteiger partial charge in [0, 0.05) is 26.2 Å². The monoisotopic (exact) mass is 465 g/mol. The maximum Gasteiger partial charge on any atom is 0.273 e. The fourth-order valence-electron chi connectivity index (χ4n) is 3.63. The van der Waals surface area contributed by atoms with Crippen LogP contribution in [0.4, 0.5) is 5.69 Å². The number of amides is 1. The Morgan fingerprint density at radius 2 is 2.03 bits per heavy atom. The number of carbonyl (C=O) groups excluding carboxylic acids is 1. The number of thiophene rings is 1. The lowest BCUT2D eigenvalue weighted by molar-refractivity contribution is -0.123. The van der Waals surface area contributed by atoms with Gasteiger partial charge in [-0.3, -0.25) is 9.10 Å². The predicted octanol–water partition coefficient (Wildman–Crippen LogP) is 3.19. The number of sulfonamides is 1. The number of carbonyl (C=O) groups is 1. The van der Waals surface area contributed by atoms with E-state index in [0.717, 1.165) is 25.9 Å². The largest absolute Gasteiger partial charge is 0.484 e. The molecule has 0 saturated carbocycles. The van der Waals surface area contributed by atoms with Crippen LogP contribution in [0, 0.1) is 5.92 Å². The lowest BCUT2D eigenvalue weighted by Gasteiger charge is -2.35. The first-order valence-corrected chi connectivity index (χ1v) is 12.9. The summed E-state index contributed by atoms with van der Waals surface area (Å²) >= 11 is 1.18. The fraction of sp³-hybridized carbons (Fsp3) is 0.500. The second kappa shape index (κ2) is 10.5. The molecule has 1 aromatic heterocycles. The summed E-state index contributed by atoms with van der Waals surface area (Å²) in [6.45, 7) is 7.15. The molecule has 1 unspecified atom stereocenters. The van der Waals surface area contributed by atoms with Crippen molar-refractivity contribution in [1.82, 2.24) is 10.2 Å². The lowest BCUT2D eigenvalue weighted by atomic mass is 9.97. The number of anilines is 1. The van der Waals surface area contributed by atoms with E-state index in [-0.39, 0.29) is 12.5 Å². The molecule has 3 rings (SSSR count). The molecular formula is C22H31N3O4S2. The molecule has 170 valence electrons. The third kappa shape index (κ3) is 6.21. The van der Waals surface area contributed by atoms with E-state index in [0.29, 0.717) is 34.2 Å². The highest BCUT2D eigenvalue weighted by Crippen LogP contribution is 2.26. The van der Waals surface area contributed by atoms with E-state index in [1.165, 1.54) is 22.7 Å². The number of likely N-dealkylation sites (tertiary alicyclic amines) is 1. The molecule has 0 bridgehead atoms. The van der Waals surface area contributed by atoms with E-state index < -0.39 is 10.0 Å². The normalized spacial score (nSPS) is 17.5. The maximum absolute atomic E-state index is 12.6. The zero-order valence-corrected chi connectivity index (χ0v) is 19.9. The van der Waals surface area contributed by atoms with E-state index in [4.69, 9.17) is 4.74 Å². The van der Waals surface area contributed by atoms with Gasteiger partial charge in [-0.1, -0.05) is 6.07 Å². The Balaban J connectivity index is 1.46. The van der Waals surface area contributed by atoms with Crippen molar-refractivity contribution in [3.05, 3.63) is 41.8 Å². The van der Waals surface area contributed by atoms with Crippen molar-refractivity contribution < 1.29 is 17.9 Å². The SMILES string of the molecule is CC(C)N1CCCC(CNC(=O)COc2ccc(N(C)S(=O)(=O)c3cccs3)cc2)C1. The number of hydrogen-bond donors (Lipinski definition) is 1. The van der Waals surface area contributed by atoms with E-state index in [1.807, 2.05) is 0 Å².